The zero-order chi connectivity index (χ0) is 18.3. The molecule has 0 saturated carbocycles. The van der Waals surface area contributed by atoms with Gasteiger partial charge in [-0.3, -0.25) is 13.9 Å². The molecule has 0 atom stereocenters. The second kappa shape index (κ2) is 6.69. The number of benzene rings is 1. The van der Waals surface area contributed by atoms with E-state index in [9.17, 15) is 9.59 Å². The van der Waals surface area contributed by atoms with E-state index in [0.717, 1.165) is 36.2 Å². The molecule has 7 nitrogen and oxygen atoms in total. The minimum absolute atomic E-state index is 0.0174. The first-order valence-electron chi connectivity index (χ1n) is 8.72. The van der Waals surface area contributed by atoms with E-state index in [4.69, 9.17) is 0 Å². The number of hydrogen-bond acceptors (Lipinski definition) is 5. The molecule has 0 spiro atoms. The van der Waals surface area contributed by atoms with Gasteiger partial charge in [0.2, 0.25) is 5.91 Å². The summed E-state index contributed by atoms with van der Waals surface area (Å²) in [6.07, 6.45) is 0.904. The highest BCUT2D eigenvalue weighted by molar-refractivity contribution is 7.15. The second-order valence-electron chi connectivity index (χ2n) is 6.53. The fourth-order valence-electron chi connectivity index (χ4n) is 3.41. The van der Waals surface area contributed by atoms with Gasteiger partial charge in [0.15, 0.2) is 5.13 Å². The number of likely N-dealkylation sites (N-methyl/N-ethyl adjacent to an activating group) is 1. The van der Waals surface area contributed by atoms with Gasteiger partial charge in [-0.25, -0.2) is 9.78 Å². The van der Waals surface area contributed by atoms with Gasteiger partial charge in [-0.1, -0.05) is 12.1 Å². The van der Waals surface area contributed by atoms with Gasteiger partial charge in [-0.15, -0.1) is 11.3 Å². The average Bonchev–Trinajstić information content (AvgIpc) is 3.13. The Balaban J connectivity index is 1.57. The summed E-state index contributed by atoms with van der Waals surface area (Å²) in [5.74, 6) is -0.231. The summed E-state index contributed by atoms with van der Waals surface area (Å²) < 4.78 is 3.20. The molecule has 4 rings (SSSR count). The maximum Gasteiger partial charge on any atom is 0.329 e. The number of nitrogens with one attached hydrogen (secondary N) is 1. The average molecular weight is 371 g/mol. The van der Waals surface area contributed by atoms with Crippen LogP contribution in [0.15, 0.2) is 29.1 Å². The zero-order valence-electron chi connectivity index (χ0n) is 14.9. The molecular formula is C18H21N5O2S. The number of aromatic nitrogens is 3. The fraction of sp³-hybridized carbons (Fsp3) is 0.389. The van der Waals surface area contributed by atoms with E-state index >= 15 is 0 Å². The van der Waals surface area contributed by atoms with Gasteiger partial charge in [0, 0.05) is 30.9 Å². The molecule has 26 heavy (non-hydrogen) atoms. The first-order chi connectivity index (χ1) is 12.6. The third-order valence-corrected chi connectivity index (χ3v) is 5.71. The normalized spacial score (nSPS) is 14.5. The molecule has 0 radical (unpaired) electrons. The highest BCUT2D eigenvalue weighted by Crippen LogP contribution is 2.27. The summed E-state index contributed by atoms with van der Waals surface area (Å²) in [5.41, 5.74) is 2.53. The number of carbonyl (C=O) groups is 1. The van der Waals surface area contributed by atoms with E-state index in [2.05, 4.69) is 22.2 Å². The number of imidazole rings is 1. The van der Waals surface area contributed by atoms with Crippen LogP contribution in [0, 0.1) is 0 Å². The monoisotopic (exact) mass is 371 g/mol. The summed E-state index contributed by atoms with van der Waals surface area (Å²) in [6, 6.07) is 7.55. The topological polar surface area (TPSA) is 72.2 Å². The van der Waals surface area contributed by atoms with Gasteiger partial charge in [-0.05, 0) is 26.1 Å². The maximum absolute atomic E-state index is 12.6. The summed E-state index contributed by atoms with van der Waals surface area (Å²) in [7, 11) is 2.08. The molecule has 1 N–H and O–H groups in total. The first kappa shape index (κ1) is 17.0. The smallest absolute Gasteiger partial charge is 0.301 e. The van der Waals surface area contributed by atoms with Crippen LogP contribution in [0.4, 0.5) is 5.13 Å². The molecule has 0 saturated heterocycles. The Hall–Kier alpha value is -2.45. The van der Waals surface area contributed by atoms with Gasteiger partial charge < -0.3 is 10.2 Å². The number of carbonyl (C=O) groups excluding carboxylic acids is 1. The van der Waals surface area contributed by atoms with E-state index in [1.807, 2.05) is 31.2 Å². The van der Waals surface area contributed by atoms with E-state index in [0.29, 0.717) is 11.7 Å². The van der Waals surface area contributed by atoms with Crippen LogP contribution in [0.5, 0.6) is 0 Å². The Morgan fingerprint density at radius 3 is 2.73 bits per heavy atom. The molecule has 1 aliphatic rings. The number of amides is 1. The minimum atomic E-state index is -0.231. The highest BCUT2D eigenvalue weighted by atomic mass is 32.1. The van der Waals surface area contributed by atoms with Gasteiger partial charge in [0.25, 0.3) is 0 Å². The molecule has 136 valence electrons. The Bertz CT molecular complexity index is 1030. The third-order valence-electron chi connectivity index (χ3n) is 4.71. The number of aryl methyl sites for hydroxylation is 1. The lowest BCUT2D eigenvalue weighted by Gasteiger charge is -2.20. The molecule has 1 amide bonds. The molecule has 1 aromatic carbocycles. The van der Waals surface area contributed by atoms with Crippen LogP contribution in [0.25, 0.3) is 11.0 Å². The number of thiazole rings is 1. The van der Waals surface area contributed by atoms with Crippen LogP contribution in [-0.2, 0) is 30.8 Å². The fourth-order valence-corrected chi connectivity index (χ4v) is 4.51. The van der Waals surface area contributed by atoms with Crippen molar-refractivity contribution in [3.8, 4) is 0 Å². The molecule has 0 unspecified atom stereocenters. The lowest BCUT2D eigenvalue weighted by atomic mass is 10.2. The van der Waals surface area contributed by atoms with Crippen molar-refractivity contribution in [2.24, 2.45) is 0 Å². The lowest BCUT2D eigenvalue weighted by Crippen LogP contribution is -2.29. The van der Waals surface area contributed by atoms with Crippen molar-refractivity contribution < 1.29 is 4.79 Å². The van der Waals surface area contributed by atoms with Gasteiger partial charge in [-0.2, -0.15) is 0 Å². The molecule has 0 fully saturated rings. The molecule has 0 aliphatic carbocycles. The molecule has 8 heteroatoms. The summed E-state index contributed by atoms with van der Waals surface area (Å²) in [6.45, 7) is 4.33. The number of hydrogen-bond donors (Lipinski definition) is 1. The van der Waals surface area contributed by atoms with Crippen LogP contribution in [0.1, 0.15) is 17.5 Å². The molecule has 1 aliphatic heterocycles. The van der Waals surface area contributed by atoms with Gasteiger partial charge in [0.1, 0.15) is 6.54 Å². The number of para-hydroxylation sites is 2. The van der Waals surface area contributed by atoms with Crippen molar-refractivity contribution in [2.45, 2.75) is 33.0 Å². The van der Waals surface area contributed by atoms with E-state index in [-0.39, 0.29) is 18.1 Å². The Morgan fingerprint density at radius 1 is 1.27 bits per heavy atom. The Kier molecular flexibility index (Phi) is 4.37. The Labute approximate surface area is 154 Å². The standard InChI is InChI=1S/C18H21N5O2S/c1-3-22-13-6-4-5-7-14(13)23(18(22)25)11-16(24)20-17-19-12-8-9-21(2)10-15(12)26-17/h4-7H,3,8-11H2,1-2H3,(H,19,20,24). The van der Waals surface area contributed by atoms with Crippen LogP contribution in [0.3, 0.4) is 0 Å². The summed E-state index contributed by atoms with van der Waals surface area (Å²) in [4.78, 5) is 33.1. The first-order valence-corrected chi connectivity index (χ1v) is 9.53. The van der Waals surface area contributed by atoms with Crippen LogP contribution >= 0.6 is 11.3 Å². The van der Waals surface area contributed by atoms with Crippen LogP contribution in [-0.4, -0.2) is 38.5 Å². The maximum atomic E-state index is 12.6. The number of anilines is 1. The molecule has 2 aromatic heterocycles. The highest BCUT2D eigenvalue weighted by Gasteiger charge is 2.20. The van der Waals surface area contributed by atoms with Crippen molar-refractivity contribution in [3.63, 3.8) is 0 Å². The van der Waals surface area contributed by atoms with Crippen LogP contribution < -0.4 is 11.0 Å². The van der Waals surface area contributed by atoms with Crippen molar-refractivity contribution in [1.29, 1.82) is 0 Å². The summed E-state index contributed by atoms with van der Waals surface area (Å²) in [5, 5.41) is 3.48. The SMILES string of the molecule is CCn1c(=O)n(CC(=O)Nc2nc3c(s2)CN(C)CC3)c2ccccc21. The number of fused-ring (bicyclic) bond motifs is 2. The predicted molar refractivity (Wildman–Crippen MR) is 103 cm³/mol. The summed E-state index contributed by atoms with van der Waals surface area (Å²) >= 11 is 1.52. The molecular weight excluding hydrogens is 350 g/mol. The van der Waals surface area contributed by atoms with E-state index in [1.54, 1.807) is 4.57 Å². The van der Waals surface area contributed by atoms with Gasteiger partial charge >= 0.3 is 5.69 Å². The molecule has 0 bridgehead atoms. The largest absolute Gasteiger partial charge is 0.329 e. The van der Waals surface area contributed by atoms with Crippen molar-refractivity contribution in [1.82, 2.24) is 19.0 Å². The third kappa shape index (κ3) is 2.95. The van der Waals surface area contributed by atoms with Crippen molar-refractivity contribution >= 4 is 33.4 Å². The van der Waals surface area contributed by atoms with Crippen molar-refractivity contribution in [3.05, 3.63) is 45.3 Å². The number of rotatable bonds is 4. The minimum Gasteiger partial charge on any atom is -0.301 e. The zero-order valence-corrected chi connectivity index (χ0v) is 15.7. The molecule has 3 heterocycles. The van der Waals surface area contributed by atoms with E-state index in [1.165, 1.54) is 20.8 Å². The predicted octanol–water partition coefficient (Wildman–Crippen LogP) is 1.91. The van der Waals surface area contributed by atoms with Crippen molar-refractivity contribution in [2.75, 3.05) is 18.9 Å². The second-order valence-corrected chi connectivity index (χ2v) is 7.61. The van der Waals surface area contributed by atoms with Crippen LogP contribution in [0.2, 0.25) is 0 Å². The van der Waals surface area contributed by atoms with E-state index < -0.39 is 0 Å². The quantitative estimate of drug-likeness (QED) is 0.760. The lowest BCUT2D eigenvalue weighted by molar-refractivity contribution is -0.116. The molecule has 3 aromatic rings. The Morgan fingerprint density at radius 2 is 2.00 bits per heavy atom. The number of nitrogens with zero attached hydrogens (tertiary/aromatic N) is 4. The van der Waals surface area contributed by atoms with Gasteiger partial charge in [0.05, 0.1) is 16.7 Å².